The van der Waals surface area contributed by atoms with Gasteiger partial charge in [-0.2, -0.15) is 0 Å². The number of imidazole rings is 1. The average molecular weight is 288 g/mol. The number of hydrazine groups is 1. The monoisotopic (exact) mass is 288 g/mol. The number of hydrogen-bond donors (Lipinski definition) is 2. The quantitative estimate of drug-likeness (QED) is 0.652. The van der Waals surface area contributed by atoms with Gasteiger partial charge in [-0.15, -0.1) is 0 Å². The fourth-order valence-corrected chi connectivity index (χ4v) is 3.26. The maximum atomic E-state index is 5.95. The molecule has 1 aromatic carbocycles. The number of fused-ring (bicyclic) bond motifs is 1. The van der Waals surface area contributed by atoms with E-state index in [1.807, 2.05) is 6.07 Å². The summed E-state index contributed by atoms with van der Waals surface area (Å²) in [6, 6.07) is 8.37. The van der Waals surface area contributed by atoms with Gasteiger partial charge in [0.25, 0.3) is 0 Å². The molecule has 1 aliphatic heterocycles. The molecule has 21 heavy (non-hydrogen) atoms. The van der Waals surface area contributed by atoms with Crippen LogP contribution in [0.15, 0.2) is 24.3 Å². The normalized spacial score (nSPS) is 23.8. The number of nitrogens with one attached hydrogen (secondary N) is 1. The molecule has 1 aromatic heterocycles. The number of para-hydroxylation sites is 2. The minimum atomic E-state index is 0.108. The molecule has 0 saturated carbocycles. The van der Waals surface area contributed by atoms with E-state index >= 15 is 0 Å². The largest absolute Gasteiger partial charge is 0.374 e. The first-order valence-electron chi connectivity index (χ1n) is 7.78. The van der Waals surface area contributed by atoms with Crippen LogP contribution < -0.4 is 11.3 Å². The van der Waals surface area contributed by atoms with E-state index in [1.54, 1.807) is 0 Å². The topological polar surface area (TPSA) is 65.1 Å². The predicted octanol–water partition coefficient (Wildman–Crippen LogP) is 2.00. The number of ether oxygens (including phenoxy) is 1. The van der Waals surface area contributed by atoms with E-state index in [-0.39, 0.29) is 12.1 Å². The summed E-state index contributed by atoms with van der Waals surface area (Å²) in [6.07, 6.45) is 3.46. The third kappa shape index (κ3) is 2.81. The highest BCUT2D eigenvalue weighted by molar-refractivity contribution is 5.75. The van der Waals surface area contributed by atoms with E-state index in [1.165, 1.54) is 5.52 Å². The van der Waals surface area contributed by atoms with E-state index in [4.69, 9.17) is 15.6 Å². The fraction of sp³-hybridized carbons (Fsp3) is 0.562. The first-order chi connectivity index (χ1) is 10.2. The second-order valence-electron chi connectivity index (χ2n) is 5.80. The molecular weight excluding hydrogens is 264 g/mol. The number of nitrogens with two attached hydrogens (primary N) is 1. The lowest BCUT2D eigenvalue weighted by molar-refractivity contribution is 0.0315. The summed E-state index contributed by atoms with van der Waals surface area (Å²) >= 11 is 0. The molecule has 3 N–H and O–H groups in total. The van der Waals surface area contributed by atoms with Crippen LogP contribution in [0.1, 0.15) is 32.5 Å². The lowest BCUT2D eigenvalue weighted by Gasteiger charge is -2.22. The fourth-order valence-electron chi connectivity index (χ4n) is 3.26. The molecular formula is C16H24N4O. The smallest absolute Gasteiger partial charge is 0.111 e. The van der Waals surface area contributed by atoms with Gasteiger partial charge in [0.2, 0.25) is 0 Å². The summed E-state index contributed by atoms with van der Waals surface area (Å²) in [5, 5.41) is 0. The highest BCUT2D eigenvalue weighted by Crippen LogP contribution is 2.24. The minimum Gasteiger partial charge on any atom is -0.374 e. The number of hydrogen-bond acceptors (Lipinski definition) is 4. The van der Waals surface area contributed by atoms with Crippen LogP contribution in [-0.2, 0) is 17.7 Å². The number of nitrogens with zero attached hydrogens (tertiary/aromatic N) is 2. The SMILES string of the molecule is CCn1c(CC(NN)C2CCC(C)O2)nc2ccccc21. The Labute approximate surface area is 125 Å². The third-order valence-corrected chi connectivity index (χ3v) is 4.38. The Bertz CT molecular complexity index is 609. The molecule has 3 unspecified atom stereocenters. The first-order valence-corrected chi connectivity index (χ1v) is 7.78. The van der Waals surface area contributed by atoms with Crippen LogP contribution in [0.25, 0.3) is 11.0 Å². The average Bonchev–Trinajstić information content (AvgIpc) is 3.07. The Kier molecular flexibility index (Phi) is 4.24. The zero-order valence-electron chi connectivity index (χ0n) is 12.7. The second kappa shape index (κ2) is 6.13. The van der Waals surface area contributed by atoms with E-state index in [9.17, 15) is 0 Å². The van der Waals surface area contributed by atoms with Gasteiger partial charge < -0.3 is 9.30 Å². The van der Waals surface area contributed by atoms with Crippen LogP contribution in [-0.4, -0.2) is 27.8 Å². The molecule has 114 valence electrons. The van der Waals surface area contributed by atoms with Crippen molar-refractivity contribution >= 4 is 11.0 Å². The van der Waals surface area contributed by atoms with Crippen molar-refractivity contribution in [3.63, 3.8) is 0 Å². The predicted molar refractivity (Wildman–Crippen MR) is 83.8 cm³/mol. The van der Waals surface area contributed by atoms with Gasteiger partial charge in [-0.25, -0.2) is 4.98 Å². The molecule has 1 aliphatic rings. The van der Waals surface area contributed by atoms with Crippen molar-refractivity contribution in [1.29, 1.82) is 0 Å². The Morgan fingerprint density at radius 1 is 1.43 bits per heavy atom. The summed E-state index contributed by atoms with van der Waals surface area (Å²) < 4.78 is 8.22. The summed E-state index contributed by atoms with van der Waals surface area (Å²) in [7, 11) is 0. The molecule has 0 aliphatic carbocycles. The standard InChI is InChI=1S/C16H24N4O/c1-3-20-14-7-5-4-6-12(14)18-16(20)10-13(19-17)15-9-8-11(2)21-15/h4-7,11,13,15,19H,3,8-10,17H2,1-2H3. The molecule has 5 nitrogen and oxygen atoms in total. The van der Waals surface area contributed by atoms with Gasteiger partial charge in [-0.3, -0.25) is 11.3 Å². The molecule has 3 rings (SSSR count). The van der Waals surface area contributed by atoms with Crippen LogP contribution in [0.2, 0.25) is 0 Å². The zero-order valence-corrected chi connectivity index (χ0v) is 12.7. The van der Waals surface area contributed by atoms with Crippen molar-refractivity contribution in [3.05, 3.63) is 30.1 Å². The van der Waals surface area contributed by atoms with Gasteiger partial charge in [0.05, 0.1) is 29.3 Å². The molecule has 2 aromatic rings. The van der Waals surface area contributed by atoms with Gasteiger partial charge in [-0.05, 0) is 38.8 Å². The Hall–Kier alpha value is -1.43. The molecule has 0 amide bonds. The molecule has 0 bridgehead atoms. The molecule has 3 atom stereocenters. The molecule has 0 radical (unpaired) electrons. The minimum absolute atomic E-state index is 0.108. The Morgan fingerprint density at radius 3 is 2.90 bits per heavy atom. The number of aryl methyl sites for hydroxylation is 1. The second-order valence-corrected chi connectivity index (χ2v) is 5.80. The maximum Gasteiger partial charge on any atom is 0.111 e. The van der Waals surface area contributed by atoms with Crippen molar-refractivity contribution in [2.45, 2.75) is 57.9 Å². The maximum absolute atomic E-state index is 5.95. The Balaban J connectivity index is 1.86. The number of aromatic nitrogens is 2. The molecule has 2 heterocycles. The van der Waals surface area contributed by atoms with Crippen molar-refractivity contribution in [2.75, 3.05) is 0 Å². The summed E-state index contributed by atoms with van der Waals surface area (Å²) in [6.45, 7) is 5.18. The van der Waals surface area contributed by atoms with Crippen LogP contribution >= 0.6 is 0 Å². The van der Waals surface area contributed by atoms with Crippen LogP contribution in [0.3, 0.4) is 0 Å². The molecule has 5 heteroatoms. The van der Waals surface area contributed by atoms with Crippen LogP contribution in [0.4, 0.5) is 0 Å². The molecule has 1 saturated heterocycles. The van der Waals surface area contributed by atoms with Gasteiger partial charge in [0, 0.05) is 13.0 Å². The van der Waals surface area contributed by atoms with Crippen LogP contribution in [0.5, 0.6) is 0 Å². The highest BCUT2D eigenvalue weighted by Gasteiger charge is 2.30. The van der Waals surface area contributed by atoms with Gasteiger partial charge in [0.15, 0.2) is 0 Å². The molecule has 0 spiro atoms. The zero-order chi connectivity index (χ0) is 14.8. The van der Waals surface area contributed by atoms with Crippen LogP contribution in [0, 0.1) is 0 Å². The van der Waals surface area contributed by atoms with E-state index in [0.717, 1.165) is 37.1 Å². The highest BCUT2D eigenvalue weighted by atomic mass is 16.5. The number of benzene rings is 1. The van der Waals surface area contributed by atoms with Crippen molar-refractivity contribution in [3.8, 4) is 0 Å². The van der Waals surface area contributed by atoms with E-state index in [2.05, 4.69) is 42.0 Å². The van der Waals surface area contributed by atoms with Gasteiger partial charge >= 0.3 is 0 Å². The third-order valence-electron chi connectivity index (χ3n) is 4.38. The Morgan fingerprint density at radius 2 is 2.24 bits per heavy atom. The number of rotatable bonds is 5. The summed E-state index contributed by atoms with van der Waals surface area (Å²) in [5.74, 6) is 6.84. The van der Waals surface area contributed by atoms with Gasteiger partial charge in [-0.1, -0.05) is 12.1 Å². The summed E-state index contributed by atoms with van der Waals surface area (Å²) in [5.41, 5.74) is 5.16. The van der Waals surface area contributed by atoms with Crippen molar-refractivity contribution in [1.82, 2.24) is 15.0 Å². The lowest BCUT2D eigenvalue weighted by atomic mass is 10.0. The van der Waals surface area contributed by atoms with E-state index in [0.29, 0.717) is 6.10 Å². The lowest BCUT2D eigenvalue weighted by Crippen LogP contribution is -2.46. The van der Waals surface area contributed by atoms with E-state index < -0.39 is 0 Å². The van der Waals surface area contributed by atoms with Crippen molar-refractivity contribution in [2.24, 2.45) is 5.84 Å². The molecule has 1 fully saturated rings. The van der Waals surface area contributed by atoms with Gasteiger partial charge in [0.1, 0.15) is 5.82 Å². The first kappa shape index (κ1) is 14.5. The summed E-state index contributed by atoms with van der Waals surface area (Å²) in [4.78, 5) is 4.77. The van der Waals surface area contributed by atoms with Crippen molar-refractivity contribution < 1.29 is 4.74 Å².